The zero-order valence-electron chi connectivity index (χ0n) is 5.07. The smallest absolute Gasteiger partial charge is 0.197 e. The minimum absolute atomic E-state index is 0.657. The van der Waals surface area contributed by atoms with E-state index in [9.17, 15) is 0 Å². The van der Waals surface area contributed by atoms with Crippen LogP contribution in [0.3, 0.4) is 0 Å². The summed E-state index contributed by atoms with van der Waals surface area (Å²) in [7, 11) is 0. The van der Waals surface area contributed by atoms with E-state index in [1.54, 1.807) is 12.4 Å². The van der Waals surface area contributed by atoms with Gasteiger partial charge in [0.1, 0.15) is 6.33 Å². The number of nitrogens with one attached hydrogen (secondary N) is 2. The molecule has 0 spiro atoms. The maximum absolute atomic E-state index is 3.97. The molecule has 0 unspecified atom stereocenters. The summed E-state index contributed by atoms with van der Waals surface area (Å²) in [4.78, 5) is 9.69. The molecule has 2 N–H and O–H groups in total. The highest BCUT2D eigenvalue weighted by Gasteiger charge is 1.99. The Morgan fingerprint density at radius 3 is 2.80 bits per heavy atom. The zero-order chi connectivity index (χ0) is 6.81. The third-order valence-electron chi connectivity index (χ3n) is 1.14. The van der Waals surface area contributed by atoms with E-state index < -0.39 is 0 Å². The average Bonchev–Trinajstić information content (AvgIpc) is 2.59. The molecule has 0 saturated heterocycles. The Hall–Kier alpha value is -1.65. The van der Waals surface area contributed by atoms with Gasteiger partial charge < -0.3 is 9.97 Å². The van der Waals surface area contributed by atoms with Crippen molar-refractivity contribution < 1.29 is 0 Å². The van der Waals surface area contributed by atoms with Crippen LogP contribution in [0.15, 0.2) is 18.7 Å². The number of nitrogens with zero attached hydrogens (tertiary/aromatic N) is 3. The van der Waals surface area contributed by atoms with E-state index in [1.807, 2.05) is 0 Å². The molecular formula is C5H5N5. The van der Waals surface area contributed by atoms with Gasteiger partial charge in [-0.05, 0) is 0 Å². The maximum Gasteiger partial charge on any atom is 0.197 e. The molecule has 0 saturated carbocycles. The molecule has 50 valence electrons. The molecule has 10 heavy (non-hydrogen) atoms. The Morgan fingerprint density at radius 1 is 1.20 bits per heavy atom. The lowest BCUT2D eigenvalue weighted by molar-refractivity contribution is 1.08. The van der Waals surface area contributed by atoms with Crippen LogP contribution in [-0.2, 0) is 0 Å². The fourth-order valence-corrected chi connectivity index (χ4v) is 0.716. The Bertz CT molecular complexity index is 249. The van der Waals surface area contributed by atoms with Crippen LogP contribution in [0.2, 0.25) is 0 Å². The molecule has 5 heteroatoms. The fraction of sp³-hybridized carbons (Fsp3) is 0. The second-order valence-corrected chi connectivity index (χ2v) is 1.78. The first-order valence-corrected chi connectivity index (χ1v) is 2.82. The van der Waals surface area contributed by atoms with Crippen LogP contribution in [0.1, 0.15) is 0 Å². The summed E-state index contributed by atoms with van der Waals surface area (Å²) in [5.74, 6) is 1.36. The summed E-state index contributed by atoms with van der Waals surface area (Å²) in [5, 5.41) is 7.37. The van der Waals surface area contributed by atoms with Gasteiger partial charge >= 0.3 is 0 Å². The van der Waals surface area contributed by atoms with Crippen molar-refractivity contribution in [3.63, 3.8) is 0 Å². The second kappa shape index (κ2) is 1.94. The van der Waals surface area contributed by atoms with Gasteiger partial charge in [0.15, 0.2) is 11.6 Å². The van der Waals surface area contributed by atoms with Gasteiger partial charge in [0.25, 0.3) is 0 Å². The summed E-state index contributed by atoms with van der Waals surface area (Å²) < 4.78 is 0. The molecular weight excluding hydrogens is 130 g/mol. The SMILES string of the molecule is c1c[nH]c(-c2nnc[nH]2)n1. The highest BCUT2D eigenvalue weighted by molar-refractivity contribution is 5.40. The highest BCUT2D eigenvalue weighted by Crippen LogP contribution is 2.03. The number of imidazole rings is 1. The molecule has 2 aromatic heterocycles. The van der Waals surface area contributed by atoms with Crippen molar-refractivity contribution in [1.29, 1.82) is 0 Å². The number of hydrogen-bond donors (Lipinski definition) is 2. The van der Waals surface area contributed by atoms with E-state index in [0.29, 0.717) is 11.6 Å². The van der Waals surface area contributed by atoms with Gasteiger partial charge in [-0.15, -0.1) is 10.2 Å². The van der Waals surface area contributed by atoms with Crippen LogP contribution in [0, 0.1) is 0 Å². The van der Waals surface area contributed by atoms with E-state index in [2.05, 4.69) is 25.1 Å². The fourth-order valence-electron chi connectivity index (χ4n) is 0.716. The molecule has 0 fully saturated rings. The van der Waals surface area contributed by atoms with Crippen molar-refractivity contribution in [2.24, 2.45) is 0 Å². The summed E-state index contributed by atoms with van der Waals surface area (Å²) in [5.41, 5.74) is 0. The maximum atomic E-state index is 3.97. The van der Waals surface area contributed by atoms with Crippen LogP contribution in [0.4, 0.5) is 0 Å². The summed E-state index contributed by atoms with van der Waals surface area (Å²) in [6.07, 6.45) is 4.91. The quantitative estimate of drug-likeness (QED) is 0.586. The van der Waals surface area contributed by atoms with E-state index in [0.717, 1.165) is 0 Å². The zero-order valence-corrected chi connectivity index (χ0v) is 5.07. The summed E-state index contributed by atoms with van der Waals surface area (Å²) in [6.45, 7) is 0. The molecule has 2 aromatic rings. The van der Waals surface area contributed by atoms with Crippen molar-refractivity contribution in [2.75, 3.05) is 0 Å². The Balaban J connectivity index is 2.48. The molecule has 0 aromatic carbocycles. The molecule has 0 aliphatic rings. The average molecular weight is 135 g/mol. The Morgan fingerprint density at radius 2 is 2.20 bits per heavy atom. The van der Waals surface area contributed by atoms with Gasteiger partial charge in [0.05, 0.1) is 0 Å². The second-order valence-electron chi connectivity index (χ2n) is 1.78. The third-order valence-corrected chi connectivity index (χ3v) is 1.14. The van der Waals surface area contributed by atoms with Gasteiger partial charge in [-0.25, -0.2) is 4.98 Å². The van der Waals surface area contributed by atoms with Gasteiger partial charge in [-0.3, -0.25) is 0 Å². The van der Waals surface area contributed by atoms with Crippen molar-refractivity contribution in [3.05, 3.63) is 18.7 Å². The molecule has 5 nitrogen and oxygen atoms in total. The lowest BCUT2D eigenvalue weighted by Crippen LogP contribution is -1.81. The number of rotatable bonds is 1. The predicted octanol–water partition coefficient (Wildman–Crippen LogP) is 0.195. The monoisotopic (exact) mass is 135 g/mol. The number of H-pyrrole nitrogens is 2. The lowest BCUT2D eigenvalue weighted by Gasteiger charge is -1.83. The van der Waals surface area contributed by atoms with Crippen LogP contribution in [0.5, 0.6) is 0 Å². The minimum atomic E-state index is 0.657. The molecule has 0 bridgehead atoms. The first kappa shape index (κ1) is 5.16. The summed E-state index contributed by atoms with van der Waals surface area (Å²) in [6, 6.07) is 0. The van der Waals surface area contributed by atoms with Gasteiger partial charge in [0.2, 0.25) is 0 Å². The largest absolute Gasteiger partial charge is 0.342 e. The highest BCUT2D eigenvalue weighted by atomic mass is 15.2. The van der Waals surface area contributed by atoms with E-state index in [1.165, 1.54) is 6.33 Å². The van der Waals surface area contributed by atoms with Gasteiger partial charge in [-0.2, -0.15) is 0 Å². The standard InChI is InChI=1S/C5H5N5/c1-2-7-4(6-1)5-8-3-9-10-5/h1-3H,(H,6,7)(H,8,9,10). The lowest BCUT2D eigenvalue weighted by atomic mass is 10.6. The normalized spacial score (nSPS) is 10.0. The first-order chi connectivity index (χ1) is 4.97. The topological polar surface area (TPSA) is 70.2 Å². The van der Waals surface area contributed by atoms with Crippen LogP contribution in [-0.4, -0.2) is 25.1 Å². The first-order valence-electron chi connectivity index (χ1n) is 2.82. The van der Waals surface area contributed by atoms with Crippen molar-refractivity contribution >= 4 is 0 Å². The van der Waals surface area contributed by atoms with Gasteiger partial charge in [0, 0.05) is 12.4 Å². The van der Waals surface area contributed by atoms with E-state index in [-0.39, 0.29) is 0 Å². The number of aromatic amines is 2. The minimum Gasteiger partial charge on any atom is -0.342 e. The van der Waals surface area contributed by atoms with Crippen LogP contribution >= 0.6 is 0 Å². The van der Waals surface area contributed by atoms with E-state index in [4.69, 9.17) is 0 Å². The van der Waals surface area contributed by atoms with Crippen LogP contribution in [0.25, 0.3) is 11.6 Å². The van der Waals surface area contributed by atoms with Crippen molar-refractivity contribution in [2.45, 2.75) is 0 Å². The molecule has 0 aliphatic carbocycles. The van der Waals surface area contributed by atoms with Crippen LogP contribution < -0.4 is 0 Å². The molecule has 2 rings (SSSR count). The van der Waals surface area contributed by atoms with Crippen molar-refractivity contribution in [1.82, 2.24) is 25.1 Å². The number of hydrogen-bond acceptors (Lipinski definition) is 3. The van der Waals surface area contributed by atoms with E-state index >= 15 is 0 Å². The van der Waals surface area contributed by atoms with Gasteiger partial charge in [-0.1, -0.05) is 0 Å². The molecule has 0 aliphatic heterocycles. The molecule has 0 atom stereocenters. The Kier molecular flexibility index (Phi) is 1.00. The summed E-state index contributed by atoms with van der Waals surface area (Å²) >= 11 is 0. The third kappa shape index (κ3) is 0.680. The predicted molar refractivity (Wildman–Crippen MR) is 34.0 cm³/mol. The Labute approximate surface area is 56.5 Å². The van der Waals surface area contributed by atoms with Crippen molar-refractivity contribution in [3.8, 4) is 11.6 Å². The molecule has 2 heterocycles. The molecule has 0 radical (unpaired) electrons. The number of aromatic nitrogens is 5. The molecule has 0 amide bonds.